The van der Waals surface area contributed by atoms with Crippen molar-refractivity contribution in [2.75, 3.05) is 6.54 Å². The third kappa shape index (κ3) is 0.804. The Hall–Kier alpha value is -0.990. The normalized spacial score (nSPS) is 25.2. The summed E-state index contributed by atoms with van der Waals surface area (Å²) >= 11 is 0. The quantitative estimate of drug-likeness (QED) is 0.467. The average molecular weight is 112 g/mol. The molecule has 1 unspecified atom stereocenters. The molecule has 1 aliphatic rings. The van der Waals surface area contributed by atoms with E-state index in [4.69, 9.17) is 5.73 Å². The van der Waals surface area contributed by atoms with E-state index in [1.54, 1.807) is 12.3 Å². The first-order valence-electron chi connectivity index (χ1n) is 2.50. The lowest BCUT2D eigenvalue weighted by atomic mass is 10.2. The SMILES string of the molecule is NC(=O)C1C=CNC1. The molecule has 0 aromatic carbocycles. The largest absolute Gasteiger partial charge is 0.390 e. The van der Waals surface area contributed by atoms with Crippen molar-refractivity contribution in [1.82, 2.24) is 5.32 Å². The second-order valence-corrected chi connectivity index (χ2v) is 1.78. The van der Waals surface area contributed by atoms with Gasteiger partial charge in [0.15, 0.2) is 0 Å². The van der Waals surface area contributed by atoms with E-state index in [0.717, 1.165) is 0 Å². The zero-order chi connectivity index (χ0) is 5.98. The number of nitrogens with one attached hydrogen (secondary N) is 1. The van der Waals surface area contributed by atoms with Gasteiger partial charge in [0.05, 0.1) is 5.92 Å². The number of hydrogen-bond donors (Lipinski definition) is 2. The second kappa shape index (κ2) is 1.86. The van der Waals surface area contributed by atoms with Gasteiger partial charge < -0.3 is 11.1 Å². The van der Waals surface area contributed by atoms with E-state index in [9.17, 15) is 4.79 Å². The summed E-state index contributed by atoms with van der Waals surface area (Å²) in [6.07, 6.45) is 3.51. The topological polar surface area (TPSA) is 55.1 Å². The van der Waals surface area contributed by atoms with Gasteiger partial charge in [0.1, 0.15) is 0 Å². The van der Waals surface area contributed by atoms with Crippen LogP contribution < -0.4 is 11.1 Å². The molecule has 3 N–H and O–H groups in total. The van der Waals surface area contributed by atoms with Gasteiger partial charge in [0.2, 0.25) is 5.91 Å². The number of hydrogen-bond acceptors (Lipinski definition) is 2. The molecule has 3 nitrogen and oxygen atoms in total. The third-order valence-corrected chi connectivity index (χ3v) is 1.15. The molecule has 1 amide bonds. The van der Waals surface area contributed by atoms with Crippen LogP contribution in [0.2, 0.25) is 0 Å². The number of rotatable bonds is 1. The summed E-state index contributed by atoms with van der Waals surface area (Å²) in [5, 5.41) is 2.87. The highest BCUT2D eigenvalue weighted by atomic mass is 16.1. The molecule has 0 spiro atoms. The molecular formula is C5H8N2O. The number of primary amides is 1. The Morgan fingerprint density at radius 1 is 1.88 bits per heavy atom. The standard InChI is InChI=1S/C5H8N2O/c6-5(8)4-1-2-7-3-4/h1-2,4,7H,3H2,(H2,6,8). The van der Waals surface area contributed by atoms with Crippen LogP contribution in [0, 0.1) is 5.92 Å². The first kappa shape index (κ1) is 5.15. The average Bonchev–Trinajstić information content (AvgIpc) is 2.12. The molecular weight excluding hydrogens is 104 g/mol. The molecule has 1 atom stereocenters. The van der Waals surface area contributed by atoms with E-state index in [2.05, 4.69) is 5.32 Å². The number of carbonyl (C=O) groups excluding carboxylic acids is 1. The number of carbonyl (C=O) groups is 1. The van der Waals surface area contributed by atoms with Gasteiger partial charge in [0, 0.05) is 6.54 Å². The van der Waals surface area contributed by atoms with Gasteiger partial charge in [-0.3, -0.25) is 4.79 Å². The van der Waals surface area contributed by atoms with Crippen molar-refractivity contribution >= 4 is 5.91 Å². The Morgan fingerprint density at radius 3 is 2.88 bits per heavy atom. The van der Waals surface area contributed by atoms with Crippen LogP contribution in [-0.4, -0.2) is 12.5 Å². The van der Waals surface area contributed by atoms with Crippen molar-refractivity contribution in [3.05, 3.63) is 12.3 Å². The van der Waals surface area contributed by atoms with Gasteiger partial charge >= 0.3 is 0 Å². The summed E-state index contributed by atoms with van der Waals surface area (Å²) in [6, 6.07) is 0. The highest BCUT2D eigenvalue weighted by molar-refractivity contribution is 5.79. The zero-order valence-electron chi connectivity index (χ0n) is 4.42. The van der Waals surface area contributed by atoms with Gasteiger partial charge in [-0.1, -0.05) is 6.08 Å². The summed E-state index contributed by atoms with van der Waals surface area (Å²) in [7, 11) is 0. The predicted molar refractivity (Wildman–Crippen MR) is 29.8 cm³/mol. The van der Waals surface area contributed by atoms with Crippen LogP contribution in [0.1, 0.15) is 0 Å². The Balaban J connectivity index is 2.48. The Morgan fingerprint density at radius 2 is 2.62 bits per heavy atom. The maximum atomic E-state index is 10.3. The molecule has 0 aromatic rings. The molecule has 1 heterocycles. The fraction of sp³-hybridized carbons (Fsp3) is 0.400. The minimum Gasteiger partial charge on any atom is -0.390 e. The van der Waals surface area contributed by atoms with Crippen LogP contribution in [0.25, 0.3) is 0 Å². The van der Waals surface area contributed by atoms with Crippen LogP contribution in [0.15, 0.2) is 12.3 Å². The van der Waals surface area contributed by atoms with Crippen LogP contribution in [-0.2, 0) is 4.79 Å². The summed E-state index contributed by atoms with van der Waals surface area (Å²) in [5.41, 5.74) is 4.97. The van der Waals surface area contributed by atoms with Crippen LogP contribution in [0.5, 0.6) is 0 Å². The highest BCUT2D eigenvalue weighted by Crippen LogP contribution is 1.99. The maximum absolute atomic E-state index is 10.3. The lowest BCUT2D eigenvalue weighted by Gasteiger charge is -1.97. The van der Waals surface area contributed by atoms with Crippen LogP contribution >= 0.6 is 0 Å². The van der Waals surface area contributed by atoms with Crippen molar-refractivity contribution in [1.29, 1.82) is 0 Å². The van der Waals surface area contributed by atoms with Gasteiger partial charge in [-0.05, 0) is 6.20 Å². The van der Waals surface area contributed by atoms with Crippen molar-refractivity contribution in [3.8, 4) is 0 Å². The van der Waals surface area contributed by atoms with Crippen LogP contribution in [0.4, 0.5) is 0 Å². The Kier molecular flexibility index (Phi) is 1.20. The molecule has 1 aliphatic heterocycles. The molecule has 0 fully saturated rings. The summed E-state index contributed by atoms with van der Waals surface area (Å²) in [6.45, 7) is 0.662. The van der Waals surface area contributed by atoms with Crippen molar-refractivity contribution < 1.29 is 4.79 Å². The van der Waals surface area contributed by atoms with Crippen molar-refractivity contribution in [3.63, 3.8) is 0 Å². The number of nitrogens with two attached hydrogens (primary N) is 1. The first-order valence-corrected chi connectivity index (χ1v) is 2.50. The van der Waals surface area contributed by atoms with E-state index in [-0.39, 0.29) is 11.8 Å². The predicted octanol–water partition coefficient (Wildman–Crippen LogP) is -0.795. The fourth-order valence-electron chi connectivity index (χ4n) is 0.643. The molecule has 0 bridgehead atoms. The molecule has 1 rings (SSSR count). The lowest BCUT2D eigenvalue weighted by Crippen LogP contribution is -2.25. The first-order chi connectivity index (χ1) is 3.80. The van der Waals surface area contributed by atoms with Gasteiger partial charge in [-0.25, -0.2) is 0 Å². The molecule has 44 valence electrons. The minimum atomic E-state index is -0.258. The van der Waals surface area contributed by atoms with E-state index < -0.39 is 0 Å². The highest BCUT2D eigenvalue weighted by Gasteiger charge is 2.13. The fourth-order valence-corrected chi connectivity index (χ4v) is 0.643. The molecule has 0 radical (unpaired) electrons. The van der Waals surface area contributed by atoms with Gasteiger partial charge in [-0.2, -0.15) is 0 Å². The molecule has 3 heteroatoms. The van der Waals surface area contributed by atoms with E-state index >= 15 is 0 Å². The zero-order valence-corrected chi connectivity index (χ0v) is 4.42. The van der Waals surface area contributed by atoms with Crippen LogP contribution in [0.3, 0.4) is 0 Å². The Labute approximate surface area is 47.6 Å². The smallest absolute Gasteiger partial charge is 0.226 e. The number of amides is 1. The van der Waals surface area contributed by atoms with E-state index in [1.807, 2.05) is 0 Å². The maximum Gasteiger partial charge on any atom is 0.226 e. The lowest BCUT2D eigenvalue weighted by molar-refractivity contribution is -0.120. The van der Waals surface area contributed by atoms with Gasteiger partial charge in [0.25, 0.3) is 0 Å². The summed E-state index contributed by atoms with van der Waals surface area (Å²) < 4.78 is 0. The summed E-state index contributed by atoms with van der Waals surface area (Å²) in [4.78, 5) is 10.3. The monoisotopic (exact) mass is 112 g/mol. The molecule has 0 saturated carbocycles. The van der Waals surface area contributed by atoms with Crippen molar-refractivity contribution in [2.24, 2.45) is 11.7 Å². The molecule has 8 heavy (non-hydrogen) atoms. The molecule has 0 aromatic heterocycles. The molecule has 0 aliphatic carbocycles. The van der Waals surface area contributed by atoms with Crippen molar-refractivity contribution in [2.45, 2.75) is 0 Å². The minimum absolute atomic E-state index is 0.0880. The Bertz CT molecular complexity index is 130. The second-order valence-electron chi connectivity index (χ2n) is 1.78. The van der Waals surface area contributed by atoms with E-state index in [1.165, 1.54) is 0 Å². The molecule has 0 saturated heterocycles. The van der Waals surface area contributed by atoms with E-state index in [0.29, 0.717) is 6.54 Å². The third-order valence-electron chi connectivity index (χ3n) is 1.15. The summed E-state index contributed by atoms with van der Waals surface area (Å²) in [5.74, 6) is -0.346. The van der Waals surface area contributed by atoms with Gasteiger partial charge in [-0.15, -0.1) is 0 Å².